The van der Waals surface area contributed by atoms with Crippen LogP contribution >= 0.6 is 23.5 Å². The van der Waals surface area contributed by atoms with Crippen molar-refractivity contribution in [2.45, 2.75) is 9.92 Å². The summed E-state index contributed by atoms with van der Waals surface area (Å²) in [4.78, 5) is 33.5. The number of nitrogens with one attached hydrogen (secondary N) is 1. The highest BCUT2D eigenvalue weighted by Crippen LogP contribution is 2.26. The first kappa shape index (κ1) is 20.6. The molecule has 0 aliphatic heterocycles. The van der Waals surface area contributed by atoms with E-state index in [4.69, 9.17) is 10.00 Å². The molecular formula is C20H16N4O3S2. The van der Waals surface area contributed by atoms with Gasteiger partial charge in [0.25, 0.3) is 5.91 Å². The molecule has 0 spiro atoms. The molecule has 146 valence electrons. The zero-order chi connectivity index (χ0) is 20.5. The predicted octanol–water partition coefficient (Wildman–Crippen LogP) is 3.52. The van der Waals surface area contributed by atoms with Gasteiger partial charge in [0.2, 0.25) is 0 Å². The minimum atomic E-state index is -0.521. The van der Waals surface area contributed by atoms with Gasteiger partial charge >= 0.3 is 5.97 Å². The number of hydrogen-bond acceptors (Lipinski definition) is 8. The van der Waals surface area contributed by atoms with Crippen LogP contribution in [0.1, 0.15) is 0 Å². The lowest BCUT2D eigenvalue weighted by Gasteiger charge is -2.10. The molecule has 1 amide bonds. The van der Waals surface area contributed by atoms with Crippen molar-refractivity contribution in [1.82, 2.24) is 9.97 Å². The van der Waals surface area contributed by atoms with Crippen molar-refractivity contribution in [2.24, 2.45) is 0 Å². The van der Waals surface area contributed by atoms with Crippen molar-refractivity contribution < 1.29 is 14.3 Å². The second-order valence-corrected chi connectivity index (χ2v) is 7.65. The SMILES string of the molecule is N#CCSc1ccccc1NC(=O)COC(=O)CSc1cnc2ccccc2n1. The van der Waals surface area contributed by atoms with Crippen LogP contribution in [0.15, 0.2) is 64.6 Å². The van der Waals surface area contributed by atoms with Gasteiger partial charge in [-0.3, -0.25) is 14.6 Å². The molecule has 0 bridgehead atoms. The van der Waals surface area contributed by atoms with Crippen LogP contribution in [0.2, 0.25) is 0 Å². The Kier molecular flexibility index (Phi) is 7.44. The highest BCUT2D eigenvalue weighted by atomic mass is 32.2. The van der Waals surface area contributed by atoms with E-state index in [0.29, 0.717) is 10.7 Å². The molecular weight excluding hydrogens is 408 g/mol. The maximum Gasteiger partial charge on any atom is 0.316 e. The van der Waals surface area contributed by atoms with Crippen LogP contribution in [0.3, 0.4) is 0 Å². The van der Waals surface area contributed by atoms with Gasteiger partial charge in [-0.25, -0.2) is 4.98 Å². The third-order valence-corrected chi connectivity index (χ3v) is 5.39. The van der Waals surface area contributed by atoms with Gasteiger partial charge in [-0.15, -0.1) is 11.8 Å². The number of amides is 1. The second kappa shape index (κ2) is 10.5. The third-order valence-electron chi connectivity index (χ3n) is 3.58. The van der Waals surface area contributed by atoms with Crippen LogP contribution in [0.4, 0.5) is 5.69 Å². The molecule has 1 aromatic heterocycles. The fourth-order valence-corrected chi connectivity index (χ4v) is 3.63. The maximum atomic E-state index is 12.1. The lowest BCUT2D eigenvalue weighted by molar-refractivity contribution is -0.144. The zero-order valence-electron chi connectivity index (χ0n) is 15.2. The average molecular weight is 425 g/mol. The van der Waals surface area contributed by atoms with Crippen molar-refractivity contribution in [2.75, 3.05) is 23.4 Å². The number of para-hydroxylation sites is 3. The normalized spacial score (nSPS) is 10.3. The quantitative estimate of drug-likeness (QED) is 0.433. The number of carbonyl (C=O) groups excluding carboxylic acids is 2. The number of thioether (sulfide) groups is 2. The van der Waals surface area contributed by atoms with Gasteiger partial charge in [0.1, 0.15) is 5.03 Å². The largest absolute Gasteiger partial charge is 0.455 e. The monoisotopic (exact) mass is 424 g/mol. The molecule has 0 aliphatic rings. The molecule has 1 N–H and O–H groups in total. The number of aromatic nitrogens is 2. The minimum absolute atomic E-state index is 0.0227. The number of nitrogens with zero attached hydrogens (tertiary/aromatic N) is 3. The van der Waals surface area contributed by atoms with Crippen molar-refractivity contribution >= 4 is 52.1 Å². The molecule has 3 aromatic rings. The average Bonchev–Trinajstić information content (AvgIpc) is 2.75. The Balaban J connectivity index is 1.46. The predicted molar refractivity (Wildman–Crippen MR) is 113 cm³/mol. The molecule has 0 unspecified atom stereocenters. The van der Waals surface area contributed by atoms with Gasteiger partial charge < -0.3 is 10.1 Å². The number of esters is 1. The standard InChI is InChI=1S/C20H16N4O3S2/c21-9-10-28-17-8-4-3-7-16(17)23-18(25)12-27-20(26)13-29-19-11-22-14-5-1-2-6-15(14)24-19/h1-8,11H,10,12-13H2,(H,23,25). The Morgan fingerprint density at radius 1 is 1.07 bits per heavy atom. The molecule has 7 nitrogen and oxygen atoms in total. The van der Waals surface area contributed by atoms with E-state index in [0.717, 1.165) is 15.9 Å². The molecule has 9 heteroatoms. The van der Waals surface area contributed by atoms with Crippen LogP contribution in [0.25, 0.3) is 11.0 Å². The van der Waals surface area contributed by atoms with Crippen LogP contribution in [0, 0.1) is 11.3 Å². The minimum Gasteiger partial charge on any atom is -0.455 e. The fourth-order valence-electron chi connectivity index (χ4n) is 2.32. The van der Waals surface area contributed by atoms with Gasteiger partial charge in [0.05, 0.1) is 40.5 Å². The summed E-state index contributed by atoms with van der Waals surface area (Å²) >= 11 is 2.52. The van der Waals surface area contributed by atoms with Gasteiger partial charge in [-0.1, -0.05) is 36.0 Å². The molecule has 0 atom stereocenters. The number of ether oxygens (including phenoxy) is 1. The first-order valence-electron chi connectivity index (χ1n) is 8.54. The van der Waals surface area contributed by atoms with Crippen molar-refractivity contribution in [3.63, 3.8) is 0 Å². The molecule has 3 rings (SSSR count). The van der Waals surface area contributed by atoms with E-state index in [-0.39, 0.29) is 18.1 Å². The Bertz CT molecular complexity index is 1070. The second-order valence-electron chi connectivity index (χ2n) is 5.64. The maximum absolute atomic E-state index is 12.1. The molecule has 29 heavy (non-hydrogen) atoms. The summed E-state index contributed by atoms with van der Waals surface area (Å²) < 4.78 is 5.03. The van der Waals surface area contributed by atoms with Crippen LogP contribution < -0.4 is 5.32 Å². The van der Waals surface area contributed by atoms with E-state index in [1.54, 1.807) is 18.3 Å². The summed E-state index contributed by atoms with van der Waals surface area (Å²) in [6.45, 7) is -0.389. The van der Waals surface area contributed by atoms with Crippen molar-refractivity contribution in [1.29, 1.82) is 5.26 Å². The first-order chi connectivity index (χ1) is 14.2. The zero-order valence-corrected chi connectivity index (χ0v) is 16.8. The topological polar surface area (TPSA) is 105 Å². The van der Waals surface area contributed by atoms with E-state index >= 15 is 0 Å². The number of carbonyl (C=O) groups is 2. The van der Waals surface area contributed by atoms with Gasteiger partial charge in [-0.2, -0.15) is 5.26 Å². The summed E-state index contributed by atoms with van der Waals surface area (Å²) in [6.07, 6.45) is 1.60. The fraction of sp³-hybridized carbons (Fsp3) is 0.150. The molecule has 0 fully saturated rings. The van der Waals surface area contributed by atoms with E-state index in [1.165, 1.54) is 23.5 Å². The highest BCUT2D eigenvalue weighted by molar-refractivity contribution is 8.00. The first-order valence-corrected chi connectivity index (χ1v) is 10.5. The third kappa shape index (κ3) is 6.20. The summed E-state index contributed by atoms with van der Waals surface area (Å²) in [7, 11) is 0. The number of benzene rings is 2. The Morgan fingerprint density at radius 3 is 2.66 bits per heavy atom. The van der Waals surface area contributed by atoms with Gasteiger partial charge in [-0.05, 0) is 24.3 Å². The van der Waals surface area contributed by atoms with E-state index in [1.807, 2.05) is 42.5 Å². The van der Waals surface area contributed by atoms with E-state index in [2.05, 4.69) is 15.3 Å². The molecule has 0 aliphatic carbocycles. The number of hydrogen-bond donors (Lipinski definition) is 1. The number of fused-ring (bicyclic) bond motifs is 1. The highest BCUT2D eigenvalue weighted by Gasteiger charge is 2.11. The number of rotatable bonds is 8. The summed E-state index contributed by atoms with van der Waals surface area (Å²) in [5, 5.41) is 12.0. The lowest BCUT2D eigenvalue weighted by Crippen LogP contribution is -2.22. The Labute approximate surface area is 175 Å². The number of nitriles is 1. The molecule has 2 aromatic carbocycles. The van der Waals surface area contributed by atoms with Crippen molar-refractivity contribution in [3.05, 3.63) is 54.7 Å². The molecule has 0 saturated heterocycles. The van der Waals surface area contributed by atoms with Crippen LogP contribution in [-0.2, 0) is 14.3 Å². The Hall–Kier alpha value is -3.09. The summed E-state index contributed by atoms with van der Waals surface area (Å²) in [5.41, 5.74) is 2.11. The van der Waals surface area contributed by atoms with E-state index < -0.39 is 11.9 Å². The van der Waals surface area contributed by atoms with Crippen LogP contribution in [-0.4, -0.2) is 40.0 Å². The molecule has 0 radical (unpaired) electrons. The lowest BCUT2D eigenvalue weighted by atomic mass is 10.3. The van der Waals surface area contributed by atoms with Gasteiger partial charge in [0.15, 0.2) is 6.61 Å². The summed E-state index contributed by atoms with van der Waals surface area (Å²) in [6, 6.07) is 16.6. The summed E-state index contributed by atoms with van der Waals surface area (Å²) in [5.74, 6) is -0.669. The van der Waals surface area contributed by atoms with Gasteiger partial charge in [0, 0.05) is 4.90 Å². The van der Waals surface area contributed by atoms with Crippen LogP contribution in [0.5, 0.6) is 0 Å². The Morgan fingerprint density at radius 2 is 1.83 bits per heavy atom. The molecule has 1 heterocycles. The number of anilines is 1. The van der Waals surface area contributed by atoms with E-state index in [9.17, 15) is 9.59 Å². The van der Waals surface area contributed by atoms with Crippen molar-refractivity contribution in [3.8, 4) is 6.07 Å². The molecule has 0 saturated carbocycles. The smallest absolute Gasteiger partial charge is 0.316 e.